The Labute approximate surface area is 352 Å². The van der Waals surface area contributed by atoms with Crippen LogP contribution in [0, 0.1) is 11.8 Å². The van der Waals surface area contributed by atoms with Gasteiger partial charge in [-0.3, -0.25) is 24.0 Å². The molecule has 1 aliphatic heterocycles. The minimum absolute atomic E-state index is 0.0175. The molecule has 2 aliphatic carbocycles. The summed E-state index contributed by atoms with van der Waals surface area (Å²) in [6.45, 7) is 14.4. The van der Waals surface area contributed by atoms with Gasteiger partial charge in [0.05, 0.1) is 24.7 Å². The number of rotatable bonds is 15. The number of allylic oxidation sites excluding steroid dienone is 1. The molecule has 2 aromatic rings. The number of nitrogens with one attached hydrogen (secondary N) is 5. The van der Waals surface area contributed by atoms with E-state index in [0.29, 0.717) is 51.0 Å². The van der Waals surface area contributed by atoms with E-state index in [4.69, 9.17) is 9.53 Å². The Morgan fingerprint density at radius 1 is 0.881 bits per heavy atom. The molecule has 13 heteroatoms. The van der Waals surface area contributed by atoms with Crippen LogP contribution in [0.3, 0.4) is 0 Å². The molecule has 2 fully saturated rings. The second kappa shape index (κ2) is 26.1. The van der Waals surface area contributed by atoms with Crippen molar-refractivity contribution < 1.29 is 33.5 Å². The summed E-state index contributed by atoms with van der Waals surface area (Å²) in [5, 5.41) is 14.2. The number of aldehydes is 1. The molecule has 1 heterocycles. The molecule has 4 amide bonds. The summed E-state index contributed by atoms with van der Waals surface area (Å²) in [4.78, 5) is 72.9. The number of ether oxygens (including phenoxy) is 1. The van der Waals surface area contributed by atoms with Crippen LogP contribution in [0.5, 0.6) is 0 Å². The van der Waals surface area contributed by atoms with E-state index in [2.05, 4.69) is 52.6 Å². The van der Waals surface area contributed by atoms with Crippen LogP contribution < -0.4 is 26.6 Å². The maximum absolute atomic E-state index is 14.2. The van der Waals surface area contributed by atoms with Crippen molar-refractivity contribution in [3.05, 3.63) is 83.1 Å². The number of fused-ring (bicyclic) bond motifs is 1. The number of benzene rings is 2. The monoisotopic (exact) mass is 819 g/mol. The fourth-order valence-electron chi connectivity index (χ4n) is 7.04. The van der Waals surface area contributed by atoms with E-state index < -0.39 is 29.6 Å². The van der Waals surface area contributed by atoms with E-state index in [1.165, 1.54) is 17.5 Å². The zero-order valence-electron chi connectivity index (χ0n) is 36.8. The van der Waals surface area contributed by atoms with E-state index in [-0.39, 0.29) is 29.8 Å². The Kier molecular flexibility index (Phi) is 22.2. The SMILES string of the molecule is C/C=C(\NC(CC1CC1)C(=O)C=O)C1CCCN1C(=O)C(NC(=O)OC(C)(C)C)C1Cc2ccccc2C1.CCC.CNC=O.CNCC(=O)NC(C)c1ccccc1. The van der Waals surface area contributed by atoms with E-state index in [0.717, 1.165) is 36.9 Å². The summed E-state index contributed by atoms with van der Waals surface area (Å²) in [7, 11) is 3.32. The Morgan fingerprint density at radius 3 is 1.95 bits per heavy atom. The standard InChI is InChI=1S/C30H41N3O5.C11H16N2O.C3H8.C2H5NO/c1-5-23(31-24(26(35)18-34)15-19-12-13-19)25-11-8-14-33(25)28(36)27(32-29(37)38-30(2,3)4)22-16-20-9-6-7-10-21(20)17-22;1-9(13-11(14)8-12-2)10-6-4-3-5-7-10;1-3-2;1-3-2-4/h5-7,9-10,18-19,22,24-25,27,31H,8,11-17H2,1-4H3,(H,32,37);3-7,9,12H,8H2,1-2H3,(H,13,14);3H2,1-2H3;2H,1H3,(H,3,4)/b23-5-;;;. The maximum atomic E-state index is 14.2. The molecular formula is C46H70N6O7. The van der Waals surface area contributed by atoms with Crippen molar-refractivity contribution in [2.75, 3.05) is 27.2 Å². The first-order chi connectivity index (χ1) is 28.2. The second-order valence-electron chi connectivity index (χ2n) is 16.2. The largest absolute Gasteiger partial charge is 0.444 e. The number of nitrogens with zero attached hydrogens (tertiary/aromatic N) is 1. The number of likely N-dealkylation sites (tertiary alicyclic amines) is 1. The quantitative estimate of drug-likeness (QED) is 0.114. The van der Waals surface area contributed by atoms with Gasteiger partial charge in [0, 0.05) is 19.3 Å². The highest BCUT2D eigenvalue weighted by atomic mass is 16.6. The normalized spacial score (nSPS) is 17.3. The molecule has 4 unspecified atom stereocenters. The minimum atomic E-state index is -0.741. The van der Waals surface area contributed by atoms with Crippen molar-refractivity contribution in [3.8, 4) is 0 Å². The van der Waals surface area contributed by atoms with Gasteiger partial charge in [-0.05, 0) is 102 Å². The first kappa shape index (κ1) is 50.1. The molecule has 0 bridgehead atoms. The van der Waals surface area contributed by atoms with Crippen molar-refractivity contribution >= 4 is 36.4 Å². The molecule has 5 N–H and O–H groups in total. The first-order valence-electron chi connectivity index (χ1n) is 21.0. The molecule has 3 aliphatic rings. The van der Waals surface area contributed by atoms with Crippen LogP contribution in [0.4, 0.5) is 4.79 Å². The molecule has 2 aromatic carbocycles. The van der Waals surface area contributed by atoms with Crippen molar-refractivity contribution in [2.45, 2.75) is 130 Å². The highest BCUT2D eigenvalue weighted by Gasteiger charge is 2.42. The van der Waals surface area contributed by atoms with Crippen LogP contribution in [0.2, 0.25) is 0 Å². The highest BCUT2D eigenvalue weighted by Crippen LogP contribution is 2.35. The smallest absolute Gasteiger partial charge is 0.408 e. The van der Waals surface area contributed by atoms with E-state index in [1.54, 1.807) is 34.9 Å². The van der Waals surface area contributed by atoms with E-state index >= 15 is 0 Å². The molecule has 0 aromatic heterocycles. The van der Waals surface area contributed by atoms with Crippen molar-refractivity contribution in [1.82, 2.24) is 31.5 Å². The van der Waals surface area contributed by atoms with Crippen LogP contribution in [0.25, 0.3) is 0 Å². The van der Waals surface area contributed by atoms with Gasteiger partial charge < -0.3 is 36.2 Å². The topological polar surface area (TPSA) is 175 Å². The average molecular weight is 819 g/mol. The van der Waals surface area contributed by atoms with Crippen LogP contribution in [-0.2, 0) is 41.6 Å². The Morgan fingerprint density at radius 2 is 1.46 bits per heavy atom. The summed E-state index contributed by atoms with van der Waals surface area (Å²) in [5.74, 6) is -0.209. The summed E-state index contributed by atoms with van der Waals surface area (Å²) >= 11 is 0. The average Bonchev–Trinajstić information content (AvgIpc) is 3.71. The minimum Gasteiger partial charge on any atom is -0.444 e. The van der Waals surface area contributed by atoms with Gasteiger partial charge >= 0.3 is 6.09 Å². The molecule has 326 valence electrons. The predicted molar refractivity (Wildman–Crippen MR) is 232 cm³/mol. The first-order valence-corrected chi connectivity index (χ1v) is 21.0. The lowest BCUT2D eigenvalue weighted by Gasteiger charge is -2.34. The molecule has 1 saturated heterocycles. The number of amides is 4. The van der Waals surface area contributed by atoms with E-state index in [1.807, 2.05) is 67.3 Å². The van der Waals surface area contributed by atoms with Crippen molar-refractivity contribution in [1.29, 1.82) is 0 Å². The summed E-state index contributed by atoms with van der Waals surface area (Å²) in [6.07, 6.45) is 9.30. The van der Waals surface area contributed by atoms with Crippen molar-refractivity contribution in [3.63, 3.8) is 0 Å². The number of carbonyl (C=O) groups excluding carboxylic acids is 6. The number of alkyl carbamates (subject to hydrolysis) is 1. The Balaban J connectivity index is 0.000000471. The zero-order chi connectivity index (χ0) is 44.0. The lowest BCUT2D eigenvalue weighted by atomic mass is 9.94. The zero-order valence-corrected chi connectivity index (χ0v) is 36.8. The Bertz CT molecular complexity index is 1630. The lowest BCUT2D eigenvalue weighted by Crippen LogP contribution is -2.55. The number of likely N-dealkylation sites (N-methyl/N-ethyl adjacent to an activating group) is 1. The molecule has 13 nitrogen and oxygen atoms in total. The third-order valence-electron chi connectivity index (χ3n) is 9.90. The third-order valence-corrected chi connectivity index (χ3v) is 9.90. The molecule has 0 spiro atoms. The number of carbonyl (C=O) groups is 6. The number of hydrogen-bond donors (Lipinski definition) is 5. The summed E-state index contributed by atoms with van der Waals surface area (Å²) in [5.41, 5.74) is 3.62. The fraction of sp³-hybridized carbons (Fsp3) is 0.565. The molecule has 4 atom stereocenters. The van der Waals surface area contributed by atoms with Crippen LogP contribution in [0.15, 0.2) is 66.4 Å². The van der Waals surface area contributed by atoms with Gasteiger partial charge in [-0.1, -0.05) is 93.8 Å². The molecular weight excluding hydrogens is 749 g/mol. The van der Waals surface area contributed by atoms with Gasteiger partial charge in [0.1, 0.15) is 11.6 Å². The van der Waals surface area contributed by atoms with Gasteiger partial charge in [0.25, 0.3) is 0 Å². The van der Waals surface area contributed by atoms with Gasteiger partial charge in [0.15, 0.2) is 6.29 Å². The predicted octanol–water partition coefficient (Wildman–Crippen LogP) is 5.58. The van der Waals surface area contributed by atoms with Gasteiger partial charge in [0.2, 0.25) is 24.0 Å². The van der Waals surface area contributed by atoms with Crippen LogP contribution >= 0.6 is 0 Å². The van der Waals surface area contributed by atoms with Gasteiger partial charge in [-0.2, -0.15) is 0 Å². The molecule has 0 radical (unpaired) electrons. The summed E-state index contributed by atoms with van der Waals surface area (Å²) < 4.78 is 5.53. The molecule has 1 saturated carbocycles. The van der Waals surface area contributed by atoms with E-state index in [9.17, 15) is 24.0 Å². The third kappa shape index (κ3) is 17.8. The molecule has 59 heavy (non-hydrogen) atoms. The maximum Gasteiger partial charge on any atom is 0.408 e. The van der Waals surface area contributed by atoms with Gasteiger partial charge in [-0.25, -0.2) is 4.79 Å². The van der Waals surface area contributed by atoms with Crippen molar-refractivity contribution in [2.24, 2.45) is 11.8 Å². The lowest BCUT2D eigenvalue weighted by molar-refractivity contribution is -0.135. The second-order valence-corrected chi connectivity index (χ2v) is 16.2. The number of Topliss-reactive ketones (excluding diaryl/α,β-unsaturated/α-hetero) is 1. The molecule has 5 rings (SSSR count). The fourth-order valence-corrected chi connectivity index (χ4v) is 7.04. The van der Waals surface area contributed by atoms with Crippen LogP contribution in [0.1, 0.15) is 110 Å². The number of hydrogen-bond acceptors (Lipinski definition) is 9. The van der Waals surface area contributed by atoms with Crippen LogP contribution in [-0.4, -0.2) is 92.2 Å². The highest BCUT2D eigenvalue weighted by molar-refractivity contribution is 6.27. The Hall–Kier alpha value is -5.04. The van der Waals surface area contributed by atoms with Gasteiger partial charge in [-0.15, -0.1) is 0 Å². The number of ketones is 1. The summed E-state index contributed by atoms with van der Waals surface area (Å²) in [6, 6.07) is 16.6.